The van der Waals surface area contributed by atoms with E-state index in [9.17, 15) is 18.4 Å². The van der Waals surface area contributed by atoms with E-state index in [2.05, 4.69) is 20.1 Å². The molecule has 1 aliphatic rings. The van der Waals surface area contributed by atoms with Gasteiger partial charge in [-0.1, -0.05) is 0 Å². The highest BCUT2D eigenvalue weighted by atomic mass is 32.2. The van der Waals surface area contributed by atoms with Crippen LogP contribution in [0.3, 0.4) is 0 Å². The highest BCUT2D eigenvalue weighted by Gasteiger charge is 2.43. The predicted molar refractivity (Wildman–Crippen MR) is 94.2 cm³/mol. The number of halogens is 2. The SMILES string of the molecule is CSCC[C@@H](NC(=O)c1ccco1)C(=O)Nc1ccc2c(c1)OC(F)(F)O2. The fourth-order valence-corrected chi connectivity index (χ4v) is 2.87. The maximum absolute atomic E-state index is 13.1. The van der Waals surface area contributed by atoms with Crippen molar-refractivity contribution in [3.8, 4) is 11.5 Å². The van der Waals surface area contributed by atoms with Crippen molar-refractivity contribution in [2.24, 2.45) is 0 Å². The molecule has 0 spiro atoms. The summed E-state index contributed by atoms with van der Waals surface area (Å²) in [5, 5.41) is 5.19. The van der Waals surface area contributed by atoms with Crippen LogP contribution in [0.4, 0.5) is 14.5 Å². The zero-order valence-corrected chi connectivity index (χ0v) is 15.0. The molecule has 2 aromatic rings. The molecule has 1 atom stereocenters. The number of fused-ring (bicyclic) bond motifs is 1. The highest BCUT2D eigenvalue weighted by Crippen LogP contribution is 2.42. The van der Waals surface area contributed by atoms with Gasteiger partial charge in [0.25, 0.3) is 5.91 Å². The van der Waals surface area contributed by atoms with Gasteiger partial charge in [-0.05, 0) is 42.7 Å². The summed E-state index contributed by atoms with van der Waals surface area (Å²) in [4.78, 5) is 24.7. The van der Waals surface area contributed by atoms with E-state index in [-0.39, 0.29) is 22.9 Å². The van der Waals surface area contributed by atoms with Crippen molar-refractivity contribution in [1.29, 1.82) is 0 Å². The summed E-state index contributed by atoms with van der Waals surface area (Å²) in [6, 6.07) is 6.12. The summed E-state index contributed by atoms with van der Waals surface area (Å²) in [6.45, 7) is 0. The van der Waals surface area contributed by atoms with Gasteiger partial charge in [-0.25, -0.2) is 0 Å². The molecule has 10 heteroatoms. The van der Waals surface area contributed by atoms with Crippen LogP contribution >= 0.6 is 11.8 Å². The minimum atomic E-state index is -3.73. The Morgan fingerprint density at radius 3 is 2.70 bits per heavy atom. The number of benzene rings is 1. The minimum absolute atomic E-state index is 0.0854. The van der Waals surface area contributed by atoms with Crippen molar-refractivity contribution in [2.75, 3.05) is 17.3 Å². The number of furan rings is 1. The standard InChI is InChI=1S/C17H16F2N2O5S/c1-27-8-6-11(21-16(23)13-3-2-7-24-13)15(22)20-10-4-5-12-14(9-10)26-17(18,19)25-12/h2-5,7,9,11H,6,8H2,1H3,(H,20,22)(H,21,23)/t11-/m1/s1. The van der Waals surface area contributed by atoms with E-state index >= 15 is 0 Å². The molecule has 1 aromatic heterocycles. The minimum Gasteiger partial charge on any atom is -0.459 e. The zero-order chi connectivity index (χ0) is 19.4. The third-order valence-corrected chi connectivity index (χ3v) is 4.29. The molecule has 1 aliphatic heterocycles. The number of anilines is 1. The summed E-state index contributed by atoms with van der Waals surface area (Å²) < 4.78 is 39.9. The summed E-state index contributed by atoms with van der Waals surface area (Å²) in [7, 11) is 0. The lowest BCUT2D eigenvalue weighted by molar-refractivity contribution is -0.286. The van der Waals surface area contributed by atoms with Crippen molar-refractivity contribution in [2.45, 2.75) is 18.8 Å². The Kier molecular flexibility index (Phi) is 5.54. The van der Waals surface area contributed by atoms with Gasteiger partial charge in [-0.3, -0.25) is 9.59 Å². The first-order valence-electron chi connectivity index (χ1n) is 7.92. The Balaban J connectivity index is 1.68. The lowest BCUT2D eigenvalue weighted by atomic mass is 10.2. The zero-order valence-electron chi connectivity index (χ0n) is 14.2. The molecule has 0 aliphatic carbocycles. The van der Waals surface area contributed by atoms with Crippen LogP contribution in [0.25, 0.3) is 0 Å². The normalized spacial score (nSPS) is 15.2. The Bertz CT molecular complexity index is 829. The van der Waals surface area contributed by atoms with Crippen LogP contribution in [0, 0.1) is 0 Å². The lowest BCUT2D eigenvalue weighted by Crippen LogP contribution is -2.44. The number of carbonyl (C=O) groups excluding carboxylic acids is 2. The molecule has 0 radical (unpaired) electrons. The van der Waals surface area contributed by atoms with Crippen LogP contribution in [0.1, 0.15) is 17.0 Å². The Morgan fingerprint density at radius 2 is 2.00 bits per heavy atom. The topological polar surface area (TPSA) is 89.8 Å². The number of amides is 2. The molecule has 2 heterocycles. The van der Waals surface area contributed by atoms with Gasteiger partial charge in [0, 0.05) is 11.8 Å². The summed E-state index contributed by atoms with van der Waals surface area (Å²) in [5.74, 6) is -0.603. The third kappa shape index (κ3) is 4.70. The van der Waals surface area contributed by atoms with Gasteiger partial charge < -0.3 is 24.5 Å². The number of alkyl halides is 2. The van der Waals surface area contributed by atoms with Crippen molar-refractivity contribution >= 4 is 29.3 Å². The molecule has 27 heavy (non-hydrogen) atoms. The first-order chi connectivity index (χ1) is 12.9. The Labute approximate surface area is 157 Å². The highest BCUT2D eigenvalue weighted by molar-refractivity contribution is 7.98. The predicted octanol–water partition coefficient (Wildman–Crippen LogP) is 3.09. The molecule has 0 saturated heterocycles. The van der Waals surface area contributed by atoms with E-state index in [1.54, 1.807) is 6.07 Å². The molecule has 2 N–H and O–H groups in total. The fraction of sp³-hybridized carbons (Fsp3) is 0.294. The first kappa shape index (κ1) is 19.0. The average Bonchev–Trinajstić information content (AvgIpc) is 3.24. The molecule has 7 nitrogen and oxygen atoms in total. The molecule has 3 rings (SSSR count). The van der Waals surface area contributed by atoms with Crippen molar-refractivity contribution in [1.82, 2.24) is 5.32 Å². The van der Waals surface area contributed by atoms with Gasteiger partial charge in [0.1, 0.15) is 6.04 Å². The van der Waals surface area contributed by atoms with Gasteiger partial charge in [0.2, 0.25) is 5.91 Å². The van der Waals surface area contributed by atoms with Crippen molar-refractivity contribution in [3.63, 3.8) is 0 Å². The van der Waals surface area contributed by atoms with E-state index in [1.807, 2.05) is 6.26 Å². The van der Waals surface area contributed by atoms with Crippen LogP contribution in [0.15, 0.2) is 41.0 Å². The van der Waals surface area contributed by atoms with Crippen LogP contribution in [0.5, 0.6) is 11.5 Å². The van der Waals surface area contributed by atoms with Gasteiger partial charge >= 0.3 is 6.29 Å². The second kappa shape index (κ2) is 7.87. The molecule has 0 bridgehead atoms. The second-order valence-corrected chi connectivity index (χ2v) is 6.59. The van der Waals surface area contributed by atoms with Crippen LogP contribution < -0.4 is 20.1 Å². The Morgan fingerprint density at radius 1 is 1.22 bits per heavy atom. The monoisotopic (exact) mass is 398 g/mol. The van der Waals surface area contributed by atoms with E-state index in [1.165, 1.54) is 42.3 Å². The van der Waals surface area contributed by atoms with Gasteiger partial charge in [-0.2, -0.15) is 11.8 Å². The fourth-order valence-electron chi connectivity index (χ4n) is 2.40. The number of nitrogens with one attached hydrogen (secondary N) is 2. The molecule has 144 valence electrons. The van der Waals surface area contributed by atoms with Crippen molar-refractivity contribution < 1.29 is 32.3 Å². The number of thioether (sulfide) groups is 1. The Hall–Kier alpha value is -2.75. The number of ether oxygens (including phenoxy) is 2. The largest absolute Gasteiger partial charge is 0.586 e. The molecular weight excluding hydrogens is 382 g/mol. The summed E-state index contributed by atoms with van der Waals surface area (Å²) in [5.41, 5.74) is 0.237. The van der Waals surface area contributed by atoms with Gasteiger partial charge in [0.15, 0.2) is 17.3 Å². The quantitative estimate of drug-likeness (QED) is 0.745. The second-order valence-electron chi connectivity index (χ2n) is 5.60. The third-order valence-electron chi connectivity index (χ3n) is 3.65. The molecule has 0 fully saturated rings. The number of rotatable bonds is 7. The summed E-state index contributed by atoms with van der Waals surface area (Å²) >= 11 is 1.52. The number of hydrogen-bond donors (Lipinski definition) is 2. The van der Waals surface area contributed by atoms with Gasteiger partial charge in [0.05, 0.1) is 6.26 Å². The van der Waals surface area contributed by atoms with E-state index < -0.39 is 24.2 Å². The first-order valence-corrected chi connectivity index (χ1v) is 9.31. The maximum atomic E-state index is 13.1. The molecule has 0 unspecified atom stereocenters. The molecule has 0 saturated carbocycles. The molecule has 1 aromatic carbocycles. The average molecular weight is 398 g/mol. The van der Waals surface area contributed by atoms with E-state index in [0.717, 1.165) is 0 Å². The lowest BCUT2D eigenvalue weighted by Gasteiger charge is -2.17. The molecule has 2 amide bonds. The van der Waals surface area contributed by atoms with Gasteiger partial charge in [-0.15, -0.1) is 8.78 Å². The smallest absolute Gasteiger partial charge is 0.459 e. The van der Waals surface area contributed by atoms with E-state index in [0.29, 0.717) is 12.2 Å². The van der Waals surface area contributed by atoms with Crippen molar-refractivity contribution in [3.05, 3.63) is 42.4 Å². The maximum Gasteiger partial charge on any atom is 0.586 e. The summed E-state index contributed by atoms with van der Waals surface area (Å²) in [6.07, 6.45) is -0.124. The number of carbonyl (C=O) groups is 2. The number of hydrogen-bond acceptors (Lipinski definition) is 6. The van der Waals surface area contributed by atoms with Crippen LogP contribution in [0.2, 0.25) is 0 Å². The van der Waals surface area contributed by atoms with Crippen LogP contribution in [-0.2, 0) is 4.79 Å². The van der Waals surface area contributed by atoms with E-state index in [4.69, 9.17) is 4.42 Å². The molecular formula is C17H16F2N2O5S. The van der Waals surface area contributed by atoms with Crippen LogP contribution in [-0.4, -0.2) is 36.2 Å².